The van der Waals surface area contributed by atoms with Crippen molar-refractivity contribution >= 4 is 34.2 Å². The highest BCUT2D eigenvalue weighted by Crippen LogP contribution is 2.34. The number of β-amino-alcohol motifs (C(OH)–C–C–N with tert-alkyl or cyclic N) is 1. The summed E-state index contributed by atoms with van der Waals surface area (Å²) in [4.78, 5) is 25.2. The number of aliphatic hydroxyl groups excluding tert-OH is 1. The lowest BCUT2D eigenvalue weighted by Gasteiger charge is -2.38. The third-order valence-electron chi connectivity index (χ3n) is 6.63. The largest absolute Gasteiger partial charge is 0.451 e. The van der Waals surface area contributed by atoms with Gasteiger partial charge in [-0.05, 0) is 36.4 Å². The Kier molecular flexibility index (Phi) is 6.48. The number of hydrogen-bond acceptors (Lipinski definition) is 6. The molecule has 1 amide bonds. The number of anilines is 1. The second-order valence-corrected chi connectivity index (χ2v) is 9.32. The highest BCUT2D eigenvalue weighted by molar-refractivity contribution is 6.30. The summed E-state index contributed by atoms with van der Waals surface area (Å²) in [5.41, 5.74) is 0.116. The van der Waals surface area contributed by atoms with E-state index < -0.39 is 29.4 Å². The van der Waals surface area contributed by atoms with E-state index in [1.807, 2.05) is 4.90 Å². The molecule has 2 aliphatic heterocycles. The maximum atomic E-state index is 14.3. The van der Waals surface area contributed by atoms with Crippen LogP contribution in [0.4, 0.5) is 23.4 Å². The van der Waals surface area contributed by atoms with Gasteiger partial charge in [-0.25, -0.2) is 14.4 Å². The van der Waals surface area contributed by atoms with Crippen LogP contribution in [0.1, 0.15) is 16.2 Å². The average Bonchev–Trinajstić information content (AvgIpc) is 3.24. The number of amides is 1. The number of alkyl halides is 3. The van der Waals surface area contributed by atoms with Crippen LogP contribution in [0, 0.1) is 5.82 Å². The van der Waals surface area contributed by atoms with Crippen molar-refractivity contribution in [3.05, 3.63) is 64.7 Å². The normalized spacial score (nSPS) is 21.4. The summed E-state index contributed by atoms with van der Waals surface area (Å²) < 4.78 is 54.7. The third kappa shape index (κ3) is 4.70. The molecule has 0 aliphatic carbocycles. The van der Waals surface area contributed by atoms with Gasteiger partial charge in [-0.1, -0.05) is 17.7 Å². The molecule has 1 aromatic heterocycles. The number of para-hydroxylation sites is 1. The van der Waals surface area contributed by atoms with E-state index in [1.54, 1.807) is 34.1 Å². The molecule has 190 valence electrons. The Bertz CT molecular complexity index is 1280. The first-order valence-corrected chi connectivity index (χ1v) is 11.7. The van der Waals surface area contributed by atoms with Crippen molar-refractivity contribution in [2.75, 3.05) is 44.2 Å². The molecule has 5 rings (SSSR count). The first-order valence-electron chi connectivity index (χ1n) is 11.4. The van der Waals surface area contributed by atoms with Crippen LogP contribution in [0.2, 0.25) is 5.02 Å². The smallest absolute Gasteiger partial charge is 0.390 e. The fraction of sp³-hybridized carbons (Fsp3) is 0.375. The Morgan fingerprint density at radius 3 is 2.36 bits per heavy atom. The standard InChI is InChI=1S/C24H22ClF4N5O2/c25-15-6-4-14(5-7-15)22(36)33-10-8-32(9-11-33)18-12-34(13-19(18)35)21-16-2-1-3-17(26)20(16)30-23(31-21)24(27,28)29/h1-7,18-19,35H,8-13H2. The van der Waals surface area contributed by atoms with Crippen molar-refractivity contribution < 1.29 is 27.5 Å². The maximum absolute atomic E-state index is 14.3. The van der Waals surface area contributed by atoms with Crippen LogP contribution in [0.5, 0.6) is 0 Å². The predicted molar refractivity (Wildman–Crippen MR) is 125 cm³/mol. The molecule has 3 aromatic rings. The minimum atomic E-state index is -4.85. The molecule has 0 bridgehead atoms. The van der Waals surface area contributed by atoms with E-state index in [0.29, 0.717) is 36.8 Å². The quantitative estimate of drug-likeness (QED) is 0.530. The van der Waals surface area contributed by atoms with E-state index in [2.05, 4.69) is 9.97 Å². The van der Waals surface area contributed by atoms with E-state index in [-0.39, 0.29) is 36.2 Å². The van der Waals surface area contributed by atoms with Crippen molar-refractivity contribution in [2.45, 2.75) is 18.3 Å². The van der Waals surface area contributed by atoms with E-state index >= 15 is 0 Å². The minimum Gasteiger partial charge on any atom is -0.390 e. The molecule has 1 N–H and O–H groups in total. The van der Waals surface area contributed by atoms with Crippen molar-refractivity contribution in [1.29, 1.82) is 0 Å². The highest BCUT2D eigenvalue weighted by Gasteiger charge is 2.41. The zero-order valence-corrected chi connectivity index (χ0v) is 19.7. The van der Waals surface area contributed by atoms with Gasteiger partial charge in [0.1, 0.15) is 17.2 Å². The highest BCUT2D eigenvalue weighted by atomic mass is 35.5. The summed E-state index contributed by atoms with van der Waals surface area (Å²) in [6.07, 6.45) is -5.72. The van der Waals surface area contributed by atoms with E-state index in [0.717, 1.165) is 6.07 Å². The SMILES string of the molecule is O=C(c1ccc(Cl)cc1)N1CCN(C2CN(c3nc(C(F)(F)F)nc4c(F)cccc34)CC2O)CC1. The molecule has 36 heavy (non-hydrogen) atoms. The number of carbonyl (C=O) groups is 1. The maximum Gasteiger partial charge on any atom is 0.451 e. The number of piperazine rings is 1. The van der Waals surface area contributed by atoms with Crippen molar-refractivity contribution in [3.63, 3.8) is 0 Å². The lowest BCUT2D eigenvalue weighted by Crippen LogP contribution is -2.54. The van der Waals surface area contributed by atoms with E-state index in [1.165, 1.54) is 12.1 Å². The summed E-state index contributed by atoms with van der Waals surface area (Å²) in [5, 5.41) is 11.5. The second-order valence-electron chi connectivity index (χ2n) is 8.88. The van der Waals surface area contributed by atoms with Crippen molar-refractivity contribution in [3.8, 4) is 0 Å². The van der Waals surface area contributed by atoms with Crippen LogP contribution in [0.15, 0.2) is 42.5 Å². The lowest BCUT2D eigenvalue weighted by atomic mass is 10.1. The van der Waals surface area contributed by atoms with Crippen LogP contribution in [0.3, 0.4) is 0 Å². The van der Waals surface area contributed by atoms with Crippen molar-refractivity contribution in [2.24, 2.45) is 0 Å². The molecule has 0 radical (unpaired) electrons. The molecule has 2 saturated heterocycles. The minimum absolute atomic E-state index is 0.0362. The fourth-order valence-electron chi connectivity index (χ4n) is 4.80. The monoisotopic (exact) mass is 523 g/mol. The van der Waals surface area contributed by atoms with E-state index in [9.17, 15) is 27.5 Å². The number of benzene rings is 2. The first kappa shape index (κ1) is 24.7. The number of halogens is 5. The number of carbonyl (C=O) groups excluding carboxylic acids is 1. The van der Waals surface area contributed by atoms with Crippen LogP contribution in [0.25, 0.3) is 10.9 Å². The first-order chi connectivity index (χ1) is 17.1. The number of aromatic nitrogens is 2. The van der Waals surface area contributed by atoms with Gasteiger partial charge in [0.25, 0.3) is 5.91 Å². The summed E-state index contributed by atoms with van der Waals surface area (Å²) in [7, 11) is 0. The summed E-state index contributed by atoms with van der Waals surface area (Å²) in [6, 6.07) is 10.2. The summed E-state index contributed by atoms with van der Waals surface area (Å²) in [6.45, 7) is 2.08. The molecular weight excluding hydrogens is 502 g/mol. The molecule has 2 fully saturated rings. The van der Waals surface area contributed by atoms with Gasteiger partial charge in [0.05, 0.1) is 12.1 Å². The van der Waals surface area contributed by atoms with Crippen LogP contribution in [-0.2, 0) is 6.18 Å². The lowest BCUT2D eigenvalue weighted by molar-refractivity contribution is -0.144. The molecule has 2 aromatic carbocycles. The molecule has 2 unspecified atom stereocenters. The number of nitrogens with zero attached hydrogens (tertiary/aromatic N) is 5. The van der Waals surface area contributed by atoms with Crippen LogP contribution < -0.4 is 4.90 Å². The van der Waals surface area contributed by atoms with Gasteiger partial charge < -0.3 is 14.9 Å². The molecule has 12 heteroatoms. The Morgan fingerprint density at radius 1 is 1.00 bits per heavy atom. The van der Waals surface area contributed by atoms with Gasteiger partial charge in [-0.3, -0.25) is 9.69 Å². The number of aliphatic hydroxyl groups is 1. The van der Waals surface area contributed by atoms with Crippen molar-refractivity contribution in [1.82, 2.24) is 19.8 Å². The van der Waals surface area contributed by atoms with E-state index in [4.69, 9.17) is 11.6 Å². The summed E-state index contributed by atoms with van der Waals surface area (Å²) in [5.74, 6) is -2.49. The molecular formula is C24H22ClF4N5O2. The molecule has 7 nitrogen and oxygen atoms in total. The fourth-order valence-corrected chi connectivity index (χ4v) is 4.93. The van der Waals surface area contributed by atoms with Gasteiger partial charge in [-0.2, -0.15) is 13.2 Å². The van der Waals surface area contributed by atoms with Gasteiger partial charge in [-0.15, -0.1) is 0 Å². The molecule has 2 atom stereocenters. The Labute approximate surface area is 208 Å². The Balaban J connectivity index is 1.33. The van der Waals surface area contributed by atoms with Crippen LogP contribution >= 0.6 is 11.6 Å². The third-order valence-corrected chi connectivity index (χ3v) is 6.88. The second kappa shape index (κ2) is 9.45. The number of rotatable bonds is 3. The predicted octanol–water partition coefficient (Wildman–Crippen LogP) is 3.45. The average molecular weight is 524 g/mol. The molecule has 2 aliphatic rings. The molecule has 0 spiro atoms. The number of fused-ring (bicyclic) bond motifs is 1. The number of hydrogen-bond donors (Lipinski definition) is 1. The Morgan fingerprint density at radius 2 is 1.69 bits per heavy atom. The summed E-state index contributed by atoms with van der Waals surface area (Å²) >= 11 is 5.89. The van der Waals surface area contributed by atoms with Crippen LogP contribution in [-0.4, -0.2) is 82.2 Å². The topological polar surface area (TPSA) is 72.8 Å². The van der Waals surface area contributed by atoms with Gasteiger partial charge in [0, 0.05) is 55.2 Å². The zero-order chi connectivity index (χ0) is 25.6. The van der Waals surface area contributed by atoms with Gasteiger partial charge >= 0.3 is 6.18 Å². The van der Waals surface area contributed by atoms with Gasteiger partial charge in [0.15, 0.2) is 0 Å². The van der Waals surface area contributed by atoms with Gasteiger partial charge in [0.2, 0.25) is 5.82 Å². The zero-order valence-electron chi connectivity index (χ0n) is 18.9. The molecule has 3 heterocycles. The Hall–Kier alpha value is -3.02. The molecule has 0 saturated carbocycles.